The van der Waals surface area contributed by atoms with Gasteiger partial charge in [0.15, 0.2) is 0 Å². The first kappa shape index (κ1) is 10.7. The normalized spacial score (nSPS) is 10.7. The topological polar surface area (TPSA) is 36.0 Å². The van der Waals surface area contributed by atoms with Gasteiger partial charge in [-0.1, -0.05) is 36.9 Å². The van der Waals surface area contributed by atoms with Crippen LogP contribution in [0.1, 0.15) is 5.56 Å². The molecule has 0 amide bonds. The van der Waals surface area contributed by atoms with Crippen molar-refractivity contribution in [2.24, 2.45) is 0 Å². The molecule has 0 saturated carbocycles. The monoisotopic (exact) mass is 235 g/mol. The Hall–Kier alpha value is -2.48. The molecule has 3 aromatic rings. The zero-order valence-corrected chi connectivity index (χ0v) is 9.85. The zero-order chi connectivity index (χ0) is 12.5. The number of phenols is 1. The lowest BCUT2D eigenvalue weighted by atomic mass is 9.96. The number of nitrogens with one attached hydrogen (secondary N) is 1. The number of aromatic hydroxyl groups is 1. The molecular formula is C16H13NO. The molecule has 1 aromatic heterocycles. The summed E-state index contributed by atoms with van der Waals surface area (Å²) >= 11 is 0. The third kappa shape index (κ3) is 1.51. The molecule has 2 N–H and O–H groups in total. The molecule has 0 atom stereocenters. The van der Waals surface area contributed by atoms with E-state index in [0.29, 0.717) is 0 Å². The molecule has 2 nitrogen and oxygen atoms in total. The highest BCUT2D eigenvalue weighted by atomic mass is 16.3. The molecule has 0 bridgehead atoms. The summed E-state index contributed by atoms with van der Waals surface area (Å²) in [5.41, 5.74) is 3.95. The van der Waals surface area contributed by atoms with Crippen LogP contribution in [0.4, 0.5) is 0 Å². The summed E-state index contributed by atoms with van der Waals surface area (Å²) in [5, 5.41) is 11.0. The lowest BCUT2D eigenvalue weighted by molar-refractivity contribution is 0.474. The van der Waals surface area contributed by atoms with Crippen LogP contribution in [-0.2, 0) is 0 Å². The van der Waals surface area contributed by atoms with Crippen molar-refractivity contribution in [2.45, 2.75) is 0 Å². The van der Waals surface area contributed by atoms with Crippen molar-refractivity contribution in [2.75, 3.05) is 0 Å². The van der Waals surface area contributed by atoms with Crippen LogP contribution in [0.5, 0.6) is 5.75 Å². The van der Waals surface area contributed by atoms with E-state index in [9.17, 15) is 5.11 Å². The summed E-state index contributed by atoms with van der Waals surface area (Å²) in [7, 11) is 0. The van der Waals surface area contributed by atoms with E-state index in [-0.39, 0.29) is 5.75 Å². The van der Waals surface area contributed by atoms with E-state index in [1.54, 1.807) is 12.1 Å². The first-order valence-electron chi connectivity index (χ1n) is 5.82. The lowest BCUT2D eigenvalue weighted by Crippen LogP contribution is -1.84. The number of rotatable bonds is 2. The van der Waals surface area contributed by atoms with Gasteiger partial charge in [-0.15, -0.1) is 0 Å². The number of H-pyrrole nitrogens is 1. The molecule has 2 aromatic carbocycles. The average Bonchev–Trinajstić information content (AvgIpc) is 2.86. The highest BCUT2D eigenvalue weighted by Crippen LogP contribution is 2.34. The molecular weight excluding hydrogens is 222 g/mol. The second-order valence-electron chi connectivity index (χ2n) is 4.19. The summed E-state index contributed by atoms with van der Waals surface area (Å²) in [5.74, 6) is 0.259. The minimum atomic E-state index is 0.259. The van der Waals surface area contributed by atoms with Crippen molar-refractivity contribution < 1.29 is 5.11 Å². The van der Waals surface area contributed by atoms with Crippen LogP contribution in [0.25, 0.3) is 28.1 Å². The summed E-state index contributed by atoms with van der Waals surface area (Å²) in [6.45, 7) is 3.78. The molecule has 0 fully saturated rings. The number of fused-ring (bicyclic) bond motifs is 1. The maximum atomic E-state index is 9.90. The van der Waals surface area contributed by atoms with Gasteiger partial charge in [-0.25, -0.2) is 0 Å². The third-order valence-electron chi connectivity index (χ3n) is 3.17. The Morgan fingerprint density at radius 2 is 1.78 bits per heavy atom. The van der Waals surface area contributed by atoms with E-state index in [2.05, 4.69) is 17.6 Å². The first-order chi connectivity index (χ1) is 8.81. The van der Waals surface area contributed by atoms with E-state index in [1.165, 1.54) is 0 Å². The molecule has 2 heteroatoms. The fraction of sp³-hybridized carbons (Fsp3) is 0. The molecule has 3 rings (SSSR count). The Labute approximate surface area is 105 Å². The summed E-state index contributed by atoms with van der Waals surface area (Å²) in [4.78, 5) is 3.19. The number of benzene rings is 2. The van der Waals surface area contributed by atoms with E-state index in [4.69, 9.17) is 0 Å². The summed E-state index contributed by atoms with van der Waals surface area (Å²) < 4.78 is 0. The maximum absolute atomic E-state index is 9.90. The minimum Gasteiger partial charge on any atom is -0.507 e. The van der Waals surface area contributed by atoms with Crippen LogP contribution in [-0.4, -0.2) is 10.1 Å². The predicted octanol–water partition coefficient (Wildman–Crippen LogP) is 4.18. The van der Waals surface area contributed by atoms with Gasteiger partial charge in [0.05, 0.1) is 0 Å². The van der Waals surface area contributed by atoms with Gasteiger partial charge in [-0.05, 0) is 29.3 Å². The standard InChI is InChI=1S/C16H13NO/c1-2-11-12(6-4-8-16(11)18)13-5-3-7-15-14(13)9-10-17-15/h2-10,17-18H,1H2. The van der Waals surface area contributed by atoms with Crippen molar-refractivity contribution in [3.63, 3.8) is 0 Å². The van der Waals surface area contributed by atoms with Crippen LogP contribution in [0.2, 0.25) is 0 Å². The number of phenolic OH excluding ortho intramolecular Hbond substituents is 1. The van der Waals surface area contributed by atoms with Crippen LogP contribution in [0.3, 0.4) is 0 Å². The van der Waals surface area contributed by atoms with Gasteiger partial charge in [0.2, 0.25) is 0 Å². The van der Waals surface area contributed by atoms with Gasteiger partial charge >= 0.3 is 0 Å². The van der Waals surface area contributed by atoms with Gasteiger partial charge in [0.25, 0.3) is 0 Å². The van der Waals surface area contributed by atoms with Gasteiger partial charge in [0.1, 0.15) is 5.75 Å². The fourth-order valence-electron chi connectivity index (χ4n) is 2.32. The van der Waals surface area contributed by atoms with Crippen molar-refractivity contribution >= 4 is 17.0 Å². The molecule has 88 valence electrons. The van der Waals surface area contributed by atoms with Gasteiger partial charge < -0.3 is 10.1 Å². The van der Waals surface area contributed by atoms with Gasteiger partial charge in [-0.3, -0.25) is 0 Å². The number of hydrogen-bond donors (Lipinski definition) is 2. The van der Waals surface area contributed by atoms with E-state index < -0.39 is 0 Å². The Balaban J connectivity index is 2.36. The fourth-order valence-corrected chi connectivity index (χ4v) is 2.32. The molecule has 1 heterocycles. The zero-order valence-electron chi connectivity index (χ0n) is 9.85. The van der Waals surface area contributed by atoms with Crippen molar-refractivity contribution in [3.8, 4) is 16.9 Å². The second-order valence-corrected chi connectivity index (χ2v) is 4.19. The lowest BCUT2D eigenvalue weighted by Gasteiger charge is -2.09. The second kappa shape index (κ2) is 4.08. The Kier molecular flexibility index (Phi) is 2.41. The van der Waals surface area contributed by atoms with E-state index in [0.717, 1.165) is 27.6 Å². The van der Waals surface area contributed by atoms with Gasteiger partial charge in [0, 0.05) is 22.7 Å². The molecule has 18 heavy (non-hydrogen) atoms. The number of hydrogen-bond acceptors (Lipinski definition) is 1. The molecule has 0 spiro atoms. The summed E-state index contributed by atoms with van der Waals surface area (Å²) in [6, 6.07) is 13.7. The van der Waals surface area contributed by atoms with Crippen LogP contribution < -0.4 is 0 Å². The van der Waals surface area contributed by atoms with Crippen LogP contribution in [0, 0.1) is 0 Å². The Bertz CT molecular complexity index is 725. The van der Waals surface area contributed by atoms with Crippen LogP contribution >= 0.6 is 0 Å². The Morgan fingerprint density at radius 3 is 2.61 bits per heavy atom. The number of aromatic nitrogens is 1. The maximum Gasteiger partial charge on any atom is 0.123 e. The van der Waals surface area contributed by atoms with E-state index >= 15 is 0 Å². The van der Waals surface area contributed by atoms with Crippen molar-refractivity contribution in [1.82, 2.24) is 4.98 Å². The largest absolute Gasteiger partial charge is 0.507 e. The van der Waals surface area contributed by atoms with Crippen molar-refractivity contribution in [1.29, 1.82) is 0 Å². The smallest absolute Gasteiger partial charge is 0.123 e. The first-order valence-corrected chi connectivity index (χ1v) is 5.82. The summed E-state index contributed by atoms with van der Waals surface area (Å²) in [6.07, 6.45) is 3.61. The third-order valence-corrected chi connectivity index (χ3v) is 3.17. The quantitative estimate of drug-likeness (QED) is 0.686. The molecule has 0 aliphatic heterocycles. The molecule has 0 aliphatic carbocycles. The molecule has 0 saturated heterocycles. The minimum absolute atomic E-state index is 0.259. The average molecular weight is 235 g/mol. The molecule has 0 radical (unpaired) electrons. The SMILES string of the molecule is C=Cc1c(O)cccc1-c1cccc2[nH]ccc12. The van der Waals surface area contributed by atoms with Crippen LogP contribution in [0.15, 0.2) is 55.2 Å². The van der Waals surface area contributed by atoms with E-state index in [1.807, 2.05) is 36.5 Å². The number of aromatic amines is 1. The van der Waals surface area contributed by atoms with Gasteiger partial charge in [-0.2, -0.15) is 0 Å². The van der Waals surface area contributed by atoms with Crippen molar-refractivity contribution in [3.05, 3.63) is 60.8 Å². The molecule has 0 unspecified atom stereocenters. The Morgan fingerprint density at radius 1 is 1.00 bits per heavy atom. The highest BCUT2D eigenvalue weighted by molar-refractivity contribution is 5.97. The highest BCUT2D eigenvalue weighted by Gasteiger charge is 2.09. The molecule has 0 aliphatic rings. The predicted molar refractivity (Wildman–Crippen MR) is 75.5 cm³/mol.